The monoisotopic (exact) mass is 325 g/mol. The first-order valence-electron chi connectivity index (χ1n) is 9.00. The lowest BCUT2D eigenvalue weighted by Gasteiger charge is -2.28. The third-order valence-corrected chi connectivity index (χ3v) is 4.93. The summed E-state index contributed by atoms with van der Waals surface area (Å²) in [7, 11) is 0. The van der Waals surface area contributed by atoms with E-state index in [1.807, 2.05) is 0 Å². The first kappa shape index (κ1) is 15.9. The summed E-state index contributed by atoms with van der Waals surface area (Å²) in [5, 5.41) is 0. The van der Waals surface area contributed by atoms with Gasteiger partial charge in [0.05, 0.1) is 0 Å². The molecule has 1 aliphatic heterocycles. The van der Waals surface area contributed by atoms with Gasteiger partial charge in [-0.25, -0.2) is 0 Å². The number of nitrogens with zero attached hydrogens (tertiary/aromatic N) is 1. The van der Waals surface area contributed by atoms with Gasteiger partial charge in [0.2, 0.25) is 0 Å². The van der Waals surface area contributed by atoms with E-state index in [2.05, 4.69) is 95.9 Å². The van der Waals surface area contributed by atoms with Gasteiger partial charge in [-0.2, -0.15) is 0 Å². The zero-order valence-electron chi connectivity index (χ0n) is 14.4. The quantitative estimate of drug-likeness (QED) is 0.639. The van der Waals surface area contributed by atoms with E-state index in [0.717, 1.165) is 26.1 Å². The highest BCUT2D eigenvalue weighted by Crippen LogP contribution is 2.24. The molecule has 0 aliphatic carbocycles. The van der Waals surface area contributed by atoms with Crippen LogP contribution in [-0.2, 0) is 13.0 Å². The smallest absolute Gasteiger partial charge is 0.0239 e. The Kier molecular flexibility index (Phi) is 4.76. The molecule has 0 saturated carbocycles. The standard InChI is InChI=1S/C24H23N/c1-3-10-21(11-4-1)24(22-12-5-2-6-13-22)16-18-25-17-15-20-9-7-8-14-23(20)19-25/h1-14,16H,15,17-19H2. The Labute approximate surface area is 150 Å². The van der Waals surface area contributed by atoms with Crippen LogP contribution >= 0.6 is 0 Å². The van der Waals surface area contributed by atoms with Crippen LogP contribution in [0, 0.1) is 0 Å². The van der Waals surface area contributed by atoms with E-state index < -0.39 is 0 Å². The van der Waals surface area contributed by atoms with Gasteiger partial charge in [-0.1, -0.05) is 91.0 Å². The van der Waals surface area contributed by atoms with Gasteiger partial charge < -0.3 is 0 Å². The van der Waals surface area contributed by atoms with Crippen LogP contribution in [0.3, 0.4) is 0 Å². The van der Waals surface area contributed by atoms with Crippen molar-refractivity contribution in [2.45, 2.75) is 13.0 Å². The van der Waals surface area contributed by atoms with Crippen LogP contribution in [0.15, 0.2) is 91.0 Å². The van der Waals surface area contributed by atoms with Crippen molar-refractivity contribution in [3.63, 3.8) is 0 Å². The van der Waals surface area contributed by atoms with Crippen molar-refractivity contribution in [1.29, 1.82) is 0 Å². The molecule has 3 aromatic rings. The summed E-state index contributed by atoms with van der Waals surface area (Å²) in [6, 6.07) is 30.2. The maximum Gasteiger partial charge on any atom is 0.0239 e. The predicted octanol–water partition coefficient (Wildman–Crippen LogP) is 5.18. The van der Waals surface area contributed by atoms with Gasteiger partial charge in [0.1, 0.15) is 0 Å². The van der Waals surface area contributed by atoms with E-state index in [9.17, 15) is 0 Å². The number of benzene rings is 3. The van der Waals surface area contributed by atoms with Gasteiger partial charge in [-0.15, -0.1) is 0 Å². The lowest BCUT2D eigenvalue weighted by molar-refractivity contribution is 0.282. The van der Waals surface area contributed by atoms with Crippen molar-refractivity contribution in [1.82, 2.24) is 4.90 Å². The molecule has 0 amide bonds. The number of hydrogen-bond donors (Lipinski definition) is 0. The SMILES string of the molecule is C(CN1CCc2ccccc2C1)=C(c1ccccc1)c1ccccc1. The highest BCUT2D eigenvalue weighted by atomic mass is 15.1. The second-order valence-electron chi connectivity index (χ2n) is 6.60. The van der Waals surface area contributed by atoms with Crippen molar-refractivity contribution >= 4 is 5.57 Å². The zero-order valence-corrected chi connectivity index (χ0v) is 14.4. The van der Waals surface area contributed by atoms with Crippen molar-refractivity contribution in [2.24, 2.45) is 0 Å². The van der Waals surface area contributed by atoms with Crippen molar-refractivity contribution in [3.05, 3.63) is 113 Å². The molecule has 25 heavy (non-hydrogen) atoms. The molecule has 1 heterocycles. The van der Waals surface area contributed by atoms with Crippen molar-refractivity contribution in [3.8, 4) is 0 Å². The molecule has 4 rings (SSSR count). The van der Waals surface area contributed by atoms with Gasteiger partial charge in [0.15, 0.2) is 0 Å². The third-order valence-electron chi connectivity index (χ3n) is 4.93. The van der Waals surface area contributed by atoms with Crippen molar-refractivity contribution in [2.75, 3.05) is 13.1 Å². The van der Waals surface area contributed by atoms with Crippen LogP contribution in [0.5, 0.6) is 0 Å². The summed E-state index contributed by atoms with van der Waals surface area (Å²) >= 11 is 0. The first-order valence-corrected chi connectivity index (χ1v) is 9.00. The number of fused-ring (bicyclic) bond motifs is 1. The molecule has 0 fully saturated rings. The summed E-state index contributed by atoms with van der Waals surface area (Å²) < 4.78 is 0. The van der Waals surface area contributed by atoms with Crippen LogP contribution in [0.25, 0.3) is 5.57 Å². The van der Waals surface area contributed by atoms with E-state index in [1.165, 1.54) is 27.8 Å². The van der Waals surface area contributed by atoms with Gasteiger partial charge >= 0.3 is 0 Å². The molecular formula is C24H23N. The van der Waals surface area contributed by atoms with Crippen LogP contribution < -0.4 is 0 Å². The van der Waals surface area contributed by atoms with Crippen LogP contribution in [0.2, 0.25) is 0 Å². The molecule has 0 atom stereocenters. The highest BCUT2D eigenvalue weighted by Gasteiger charge is 2.15. The normalized spacial score (nSPS) is 13.9. The van der Waals surface area contributed by atoms with Gasteiger partial charge in [0.25, 0.3) is 0 Å². The van der Waals surface area contributed by atoms with Crippen molar-refractivity contribution < 1.29 is 0 Å². The van der Waals surface area contributed by atoms with Gasteiger partial charge in [-0.3, -0.25) is 4.90 Å². The minimum Gasteiger partial charge on any atom is -0.295 e. The third kappa shape index (κ3) is 3.72. The van der Waals surface area contributed by atoms with Crippen LogP contribution in [0.4, 0.5) is 0 Å². The average Bonchev–Trinajstić information content (AvgIpc) is 2.70. The topological polar surface area (TPSA) is 3.24 Å². The Morgan fingerprint density at radius 3 is 1.92 bits per heavy atom. The highest BCUT2D eigenvalue weighted by molar-refractivity contribution is 5.79. The lowest BCUT2D eigenvalue weighted by Crippen LogP contribution is -2.30. The average molecular weight is 325 g/mol. The molecule has 1 aliphatic rings. The summed E-state index contributed by atoms with van der Waals surface area (Å²) in [4.78, 5) is 2.54. The maximum absolute atomic E-state index is 2.54. The number of hydrogen-bond acceptors (Lipinski definition) is 1. The fraction of sp³-hybridized carbons (Fsp3) is 0.167. The van der Waals surface area contributed by atoms with Gasteiger partial charge in [0, 0.05) is 19.6 Å². The number of rotatable bonds is 4. The molecule has 1 nitrogen and oxygen atoms in total. The maximum atomic E-state index is 2.54. The molecule has 0 bridgehead atoms. The van der Waals surface area contributed by atoms with E-state index in [1.54, 1.807) is 0 Å². The predicted molar refractivity (Wildman–Crippen MR) is 105 cm³/mol. The Bertz CT molecular complexity index is 808. The molecule has 124 valence electrons. The minimum atomic E-state index is 0.980. The fourth-order valence-corrected chi connectivity index (χ4v) is 3.57. The second-order valence-corrected chi connectivity index (χ2v) is 6.60. The zero-order chi connectivity index (χ0) is 16.9. The van der Waals surface area contributed by atoms with E-state index >= 15 is 0 Å². The summed E-state index contributed by atoms with van der Waals surface area (Å²) in [6.07, 6.45) is 3.54. The van der Waals surface area contributed by atoms with E-state index in [0.29, 0.717) is 0 Å². The molecular weight excluding hydrogens is 302 g/mol. The second kappa shape index (κ2) is 7.50. The fourth-order valence-electron chi connectivity index (χ4n) is 3.57. The Morgan fingerprint density at radius 1 is 0.720 bits per heavy atom. The molecule has 0 radical (unpaired) electrons. The Morgan fingerprint density at radius 2 is 1.28 bits per heavy atom. The molecule has 0 saturated heterocycles. The molecule has 1 heteroatoms. The molecule has 0 spiro atoms. The van der Waals surface area contributed by atoms with Crippen LogP contribution in [0.1, 0.15) is 22.3 Å². The van der Waals surface area contributed by atoms with Gasteiger partial charge in [-0.05, 0) is 34.2 Å². The molecule has 0 aromatic heterocycles. The molecule has 3 aromatic carbocycles. The first-order chi connectivity index (χ1) is 12.4. The summed E-state index contributed by atoms with van der Waals surface area (Å²) in [5.74, 6) is 0. The molecule has 0 unspecified atom stereocenters. The summed E-state index contributed by atoms with van der Waals surface area (Å²) in [5.41, 5.74) is 6.87. The van der Waals surface area contributed by atoms with E-state index in [4.69, 9.17) is 0 Å². The lowest BCUT2D eigenvalue weighted by atomic mass is 9.96. The Balaban J connectivity index is 1.58. The Hall–Kier alpha value is -2.64. The van der Waals surface area contributed by atoms with E-state index in [-0.39, 0.29) is 0 Å². The molecule has 0 N–H and O–H groups in total. The summed E-state index contributed by atoms with van der Waals surface area (Å²) in [6.45, 7) is 3.15. The minimum absolute atomic E-state index is 0.980. The van der Waals surface area contributed by atoms with Crippen LogP contribution in [-0.4, -0.2) is 18.0 Å². The largest absolute Gasteiger partial charge is 0.295 e.